The highest BCUT2D eigenvalue weighted by atomic mass is 16.6. The number of ether oxygens (including phenoxy) is 2. The zero-order chi connectivity index (χ0) is 16.0. The highest BCUT2D eigenvalue weighted by Gasteiger charge is 2.30. The number of hydrogen-bond acceptors (Lipinski definition) is 6. The van der Waals surface area contributed by atoms with Crippen LogP contribution in [0.25, 0.3) is 0 Å². The Morgan fingerprint density at radius 2 is 2.14 bits per heavy atom. The summed E-state index contributed by atoms with van der Waals surface area (Å²) in [6.45, 7) is 5.28. The first-order valence-electron chi connectivity index (χ1n) is 6.62. The lowest BCUT2D eigenvalue weighted by Gasteiger charge is -2.22. The van der Waals surface area contributed by atoms with Gasteiger partial charge in [-0.3, -0.25) is 14.9 Å². The van der Waals surface area contributed by atoms with Gasteiger partial charge in [-0.2, -0.15) is 0 Å². The number of rotatable bonds is 7. The van der Waals surface area contributed by atoms with E-state index in [0.717, 1.165) is 0 Å². The summed E-state index contributed by atoms with van der Waals surface area (Å²) in [5.41, 5.74) is 5.22. The van der Waals surface area contributed by atoms with Gasteiger partial charge in [0.2, 0.25) is 0 Å². The van der Waals surface area contributed by atoms with Crippen LogP contribution in [0.15, 0.2) is 18.2 Å². The van der Waals surface area contributed by atoms with Crippen LogP contribution < -0.4 is 10.5 Å². The zero-order valence-electron chi connectivity index (χ0n) is 12.4. The van der Waals surface area contributed by atoms with Crippen LogP contribution in [0, 0.1) is 17.0 Å². The fourth-order valence-electron chi connectivity index (χ4n) is 1.73. The maximum atomic E-state index is 11.6. The minimum Gasteiger partial charge on any atom is -0.487 e. The molecule has 0 fully saturated rings. The molecular formula is C14H20N2O5. The number of benzene rings is 1. The Bertz CT molecular complexity index is 528. The van der Waals surface area contributed by atoms with Crippen molar-refractivity contribution in [2.45, 2.75) is 32.7 Å². The molecule has 7 nitrogen and oxygen atoms in total. The SMILES string of the molecule is CCOC(=O)C(C)(N)CCOc1c(C)cccc1[N+](=O)[O-]. The molecular weight excluding hydrogens is 276 g/mol. The summed E-state index contributed by atoms with van der Waals surface area (Å²) in [4.78, 5) is 22.1. The van der Waals surface area contributed by atoms with Gasteiger partial charge in [0.1, 0.15) is 5.54 Å². The molecule has 1 rings (SSSR count). The van der Waals surface area contributed by atoms with E-state index in [1.165, 1.54) is 6.07 Å². The molecule has 0 amide bonds. The summed E-state index contributed by atoms with van der Waals surface area (Å²) in [7, 11) is 0. The molecule has 0 aromatic heterocycles. The molecule has 1 aromatic rings. The Morgan fingerprint density at radius 1 is 1.48 bits per heavy atom. The summed E-state index contributed by atoms with van der Waals surface area (Å²) in [6.07, 6.45) is 0.192. The molecule has 0 bridgehead atoms. The minimum atomic E-state index is -1.19. The van der Waals surface area contributed by atoms with Crippen molar-refractivity contribution in [3.63, 3.8) is 0 Å². The average Bonchev–Trinajstić information content (AvgIpc) is 2.40. The molecule has 1 unspecified atom stereocenters. The largest absolute Gasteiger partial charge is 0.487 e. The summed E-state index contributed by atoms with van der Waals surface area (Å²) >= 11 is 0. The Balaban J connectivity index is 2.73. The second-order valence-electron chi connectivity index (χ2n) is 4.92. The van der Waals surface area contributed by atoms with E-state index < -0.39 is 16.4 Å². The van der Waals surface area contributed by atoms with Crippen molar-refractivity contribution in [1.29, 1.82) is 0 Å². The van der Waals surface area contributed by atoms with Gasteiger partial charge < -0.3 is 15.2 Å². The van der Waals surface area contributed by atoms with Crippen LogP contribution in [0.4, 0.5) is 5.69 Å². The molecule has 7 heteroatoms. The van der Waals surface area contributed by atoms with Crippen molar-refractivity contribution in [3.05, 3.63) is 33.9 Å². The molecule has 0 spiro atoms. The summed E-state index contributed by atoms with van der Waals surface area (Å²) < 4.78 is 10.3. The van der Waals surface area contributed by atoms with E-state index in [9.17, 15) is 14.9 Å². The Morgan fingerprint density at radius 3 is 2.71 bits per heavy atom. The normalized spacial score (nSPS) is 13.3. The van der Waals surface area contributed by atoms with Gasteiger partial charge in [-0.25, -0.2) is 0 Å². The van der Waals surface area contributed by atoms with Crippen LogP contribution in [0.5, 0.6) is 5.75 Å². The smallest absolute Gasteiger partial charge is 0.325 e. The van der Waals surface area contributed by atoms with E-state index in [1.807, 2.05) is 0 Å². The van der Waals surface area contributed by atoms with Crippen LogP contribution in [-0.4, -0.2) is 29.6 Å². The predicted molar refractivity (Wildman–Crippen MR) is 77.2 cm³/mol. The van der Waals surface area contributed by atoms with E-state index in [1.54, 1.807) is 32.9 Å². The molecule has 1 aromatic carbocycles. The van der Waals surface area contributed by atoms with E-state index in [2.05, 4.69) is 0 Å². The number of hydrogen-bond donors (Lipinski definition) is 1. The quantitative estimate of drug-likeness (QED) is 0.468. The van der Waals surface area contributed by atoms with Gasteiger partial charge in [-0.15, -0.1) is 0 Å². The number of carbonyl (C=O) groups is 1. The highest BCUT2D eigenvalue weighted by Crippen LogP contribution is 2.30. The van der Waals surface area contributed by atoms with Gasteiger partial charge in [0, 0.05) is 12.5 Å². The van der Waals surface area contributed by atoms with Crippen molar-refractivity contribution in [2.24, 2.45) is 5.73 Å². The third-order valence-corrected chi connectivity index (χ3v) is 3.00. The second-order valence-corrected chi connectivity index (χ2v) is 4.92. The van der Waals surface area contributed by atoms with Crippen LogP contribution in [0.3, 0.4) is 0 Å². The van der Waals surface area contributed by atoms with Crippen LogP contribution >= 0.6 is 0 Å². The Hall–Kier alpha value is -2.15. The molecule has 1 atom stereocenters. The molecule has 116 valence electrons. The summed E-state index contributed by atoms with van der Waals surface area (Å²) in [5, 5.41) is 11.0. The van der Waals surface area contributed by atoms with E-state index >= 15 is 0 Å². The minimum absolute atomic E-state index is 0.0809. The van der Waals surface area contributed by atoms with Crippen molar-refractivity contribution in [1.82, 2.24) is 0 Å². The zero-order valence-corrected chi connectivity index (χ0v) is 12.4. The summed E-state index contributed by atoms with van der Waals surface area (Å²) in [6, 6.07) is 4.68. The van der Waals surface area contributed by atoms with Crippen LogP contribution in [-0.2, 0) is 9.53 Å². The molecule has 0 aliphatic rings. The number of carbonyl (C=O) groups excluding carboxylic acids is 1. The fraction of sp³-hybridized carbons (Fsp3) is 0.500. The molecule has 0 saturated heterocycles. The van der Waals surface area contributed by atoms with Crippen molar-refractivity contribution >= 4 is 11.7 Å². The number of nitrogens with zero attached hydrogens (tertiary/aromatic N) is 1. The number of aryl methyl sites for hydroxylation is 1. The Labute approximate surface area is 123 Å². The van der Waals surface area contributed by atoms with Gasteiger partial charge in [0.25, 0.3) is 0 Å². The fourth-order valence-corrected chi connectivity index (χ4v) is 1.73. The van der Waals surface area contributed by atoms with Crippen LogP contribution in [0.1, 0.15) is 25.8 Å². The maximum absolute atomic E-state index is 11.6. The lowest BCUT2D eigenvalue weighted by Crippen LogP contribution is -2.47. The monoisotopic (exact) mass is 296 g/mol. The van der Waals surface area contributed by atoms with Crippen LogP contribution in [0.2, 0.25) is 0 Å². The molecule has 0 saturated carbocycles. The molecule has 0 heterocycles. The molecule has 0 aliphatic carbocycles. The number of nitrogens with two attached hydrogens (primary N) is 1. The summed E-state index contributed by atoms with van der Waals surface area (Å²) in [5.74, 6) is -0.324. The van der Waals surface area contributed by atoms with Gasteiger partial charge in [0.15, 0.2) is 5.75 Å². The van der Waals surface area contributed by atoms with Gasteiger partial charge in [-0.1, -0.05) is 12.1 Å². The first-order chi connectivity index (χ1) is 9.79. The van der Waals surface area contributed by atoms with Gasteiger partial charge in [-0.05, 0) is 26.3 Å². The lowest BCUT2D eigenvalue weighted by molar-refractivity contribution is -0.385. The molecule has 0 aliphatic heterocycles. The number of esters is 1. The number of nitro benzene ring substituents is 1. The van der Waals surface area contributed by atoms with E-state index in [0.29, 0.717) is 5.56 Å². The molecule has 0 radical (unpaired) electrons. The first-order valence-corrected chi connectivity index (χ1v) is 6.62. The second kappa shape index (κ2) is 7.03. The third-order valence-electron chi connectivity index (χ3n) is 3.00. The number of para-hydroxylation sites is 1. The van der Waals surface area contributed by atoms with Crippen molar-refractivity contribution in [3.8, 4) is 5.75 Å². The molecule has 21 heavy (non-hydrogen) atoms. The average molecular weight is 296 g/mol. The predicted octanol–water partition coefficient (Wildman–Crippen LogP) is 1.95. The highest BCUT2D eigenvalue weighted by molar-refractivity contribution is 5.79. The maximum Gasteiger partial charge on any atom is 0.325 e. The number of nitro groups is 1. The third kappa shape index (κ3) is 4.42. The lowest BCUT2D eigenvalue weighted by atomic mass is 10.0. The standard InChI is InChI=1S/C14H20N2O5/c1-4-20-13(17)14(3,15)8-9-21-12-10(2)6-5-7-11(12)16(18)19/h5-7H,4,8-9,15H2,1-3H3. The van der Waals surface area contributed by atoms with Crippen molar-refractivity contribution in [2.75, 3.05) is 13.2 Å². The molecule has 2 N–H and O–H groups in total. The van der Waals surface area contributed by atoms with E-state index in [4.69, 9.17) is 15.2 Å². The van der Waals surface area contributed by atoms with Crippen molar-refractivity contribution < 1.29 is 19.2 Å². The van der Waals surface area contributed by atoms with Gasteiger partial charge in [0.05, 0.1) is 18.1 Å². The Kier molecular flexibility index (Phi) is 5.66. The topological polar surface area (TPSA) is 105 Å². The van der Waals surface area contributed by atoms with Gasteiger partial charge >= 0.3 is 11.7 Å². The van der Waals surface area contributed by atoms with E-state index in [-0.39, 0.29) is 31.1 Å². The first kappa shape index (κ1) is 16.9.